The van der Waals surface area contributed by atoms with Crippen molar-refractivity contribution < 1.29 is 14.0 Å². The molecule has 116 valence electrons. The van der Waals surface area contributed by atoms with E-state index in [1.165, 1.54) is 0 Å². The largest absolute Gasteiger partial charge is 0.444 e. The van der Waals surface area contributed by atoms with Gasteiger partial charge in [-0.1, -0.05) is 6.07 Å². The van der Waals surface area contributed by atoms with Crippen LogP contribution in [0.15, 0.2) is 45.5 Å². The molecule has 1 aromatic carbocycles. The fourth-order valence-corrected chi connectivity index (χ4v) is 2.36. The Morgan fingerprint density at radius 3 is 2.50 bits per heavy atom. The summed E-state index contributed by atoms with van der Waals surface area (Å²) in [5, 5.41) is 2.72. The number of hydrogen-bond acceptors (Lipinski definition) is 3. The summed E-state index contributed by atoms with van der Waals surface area (Å²) in [6.45, 7) is 5.16. The molecule has 2 rings (SSSR count). The van der Waals surface area contributed by atoms with Gasteiger partial charge >= 0.3 is 0 Å². The molecule has 2 aromatic rings. The zero-order valence-electron chi connectivity index (χ0n) is 12.4. The molecule has 0 unspecified atom stereocenters. The van der Waals surface area contributed by atoms with E-state index in [0.717, 1.165) is 0 Å². The third-order valence-corrected chi connectivity index (χ3v) is 3.64. The number of carbonyl (C=O) groups is 2. The lowest BCUT2D eigenvalue weighted by molar-refractivity contribution is 0.0772. The smallest absolute Gasteiger partial charge is 0.291 e. The molecule has 0 bridgehead atoms. The molecule has 0 atom stereocenters. The monoisotopic (exact) mass is 364 g/mol. The second-order valence-corrected chi connectivity index (χ2v) is 5.40. The molecule has 22 heavy (non-hydrogen) atoms. The summed E-state index contributed by atoms with van der Waals surface area (Å²) < 4.78 is 5.69. The highest BCUT2D eigenvalue weighted by molar-refractivity contribution is 9.10. The predicted octanol–water partition coefficient (Wildman–Crippen LogP) is 3.78. The number of rotatable bonds is 5. The van der Waals surface area contributed by atoms with Gasteiger partial charge in [0.25, 0.3) is 11.8 Å². The molecule has 6 heteroatoms. The van der Waals surface area contributed by atoms with Gasteiger partial charge in [-0.05, 0) is 60.1 Å². The Morgan fingerprint density at radius 2 is 1.91 bits per heavy atom. The summed E-state index contributed by atoms with van der Waals surface area (Å²) in [5.41, 5.74) is 1.10. The highest BCUT2D eigenvalue weighted by Gasteiger charge is 2.14. The second-order valence-electron chi connectivity index (χ2n) is 4.62. The number of amides is 2. The fraction of sp³-hybridized carbons (Fsp3) is 0.250. The van der Waals surface area contributed by atoms with Crippen LogP contribution in [0.5, 0.6) is 0 Å². The molecule has 0 aliphatic carbocycles. The average Bonchev–Trinajstić information content (AvgIpc) is 2.95. The van der Waals surface area contributed by atoms with Crippen molar-refractivity contribution in [3.05, 3.63) is 52.4 Å². The van der Waals surface area contributed by atoms with E-state index in [9.17, 15) is 9.59 Å². The Balaban J connectivity index is 2.15. The van der Waals surface area contributed by atoms with Crippen molar-refractivity contribution in [1.29, 1.82) is 0 Å². The van der Waals surface area contributed by atoms with E-state index in [4.69, 9.17) is 4.42 Å². The molecule has 0 radical (unpaired) electrons. The highest BCUT2D eigenvalue weighted by atomic mass is 79.9. The summed E-state index contributed by atoms with van der Waals surface area (Å²) in [7, 11) is 0. The van der Waals surface area contributed by atoms with Crippen LogP contribution < -0.4 is 5.32 Å². The topological polar surface area (TPSA) is 62.6 Å². The lowest BCUT2D eigenvalue weighted by Crippen LogP contribution is -2.30. The molecular weight excluding hydrogens is 348 g/mol. The fourth-order valence-electron chi connectivity index (χ4n) is 2.05. The molecule has 0 saturated carbocycles. The summed E-state index contributed by atoms with van der Waals surface area (Å²) in [4.78, 5) is 26.1. The first-order chi connectivity index (χ1) is 10.5. The molecule has 0 fully saturated rings. The van der Waals surface area contributed by atoms with Crippen LogP contribution >= 0.6 is 15.9 Å². The van der Waals surface area contributed by atoms with Gasteiger partial charge in [0.15, 0.2) is 10.4 Å². The molecule has 1 aromatic heterocycles. The van der Waals surface area contributed by atoms with Crippen LogP contribution in [0.25, 0.3) is 0 Å². The van der Waals surface area contributed by atoms with Crippen LogP contribution in [-0.4, -0.2) is 29.8 Å². The van der Waals surface area contributed by atoms with Crippen molar-refractivity contribution in [3.8, 4) is 0 Å². The zero-order chi connectivity index (χ0) is 16.1. The van der Waals surface area contributed by atoms with Crippen molar-refractivity contribution in [2.24, 2.45) is 0 Å². The third kappa shape index (κ3) is 3.76. The Bertz CT molecular complexity index is 678. The Kier molecular flexibility index (Phi) is 5.38. The number of benzene rings is 1. The quantitative estimate of drug-likeness (QED) is 0.877. The Labute approximate surface area is 137 Å². The number of nitrogens with one attached hydrogen (secondary N) is 1. The van der Waals surface area contributed by atoms with Crippen LogP contribution in [0, 0.1) is 0 Å². The van der Waals surface area contributed by atoms with Gasteiger partial charge in [-0.15, -0.1) is 0 Å². The minimum Gasteiger partial charge on any atom is -0.444 e. The summed E-state index contributed by atoms with van der Waals surface area (Å²) in [5.74, 6) is -0.215. The van der Waals surface area contributed by atoms with Gasteiger partial charge in [0.05, 0.1) is 0 Å². The molecule has 2 amide bonds. The van der Waals surface area contributed by atoms with Gasteiger partial charge in [-0.3, -0.25) is 9.59 Å². The summed E-state index contributed by atoms with van der Waals surface area (Å²) >= 11 is 3.15. The van der Waals surface area contributed by atoms with Crippen molar-refractivity contribution in [2.75, 3.05) is 18.4 Å². The molecule has 0 saturated heterocycles. The second kappa shape index (κ2) is 7.26. The van der Waals surface area contributed by atoms with Crippen molar-refractivity contribution >= 4 is 33.4 Å². The lowest BCUT2D eigenvalue weighted by Gasteiger charge is -2.18. The van der Waals surface area contributed by atoms with E-state index >= 15 is 0 Å². The molecule has 0 aliphatic heterocycles. The van der Waals surface area contributed by atoms with Crippen LogP contribution in [0.3, 0.4) is 0 Å². The van der Waals surface area contributed by atoms with E-state index < -0.39 is 0 Å². The Hall–Kier alpha value is -2.08. The maximum absolute atomic E-state index is 12.3. The molecule has 0 spiro atoms. The summed E-state index contributed by atoms with van der Waals surface area (Å²) in [6.07, 6.45) is 0. The highest BCUT2D eigenvalue weighted by Crippen LogP contribution is 2.17. The van der Waals surface area contributed by atoms with Gasteiger partial charge in [0.1, 0.15) is 0 Å². The number of furan rings is 1. The number of halogens is 1. The van der Waals surface area contributed by atoms with E-state index in [1.54, 1.807) is 41.3 Å². The van der Waals surface area contributed by atoms with Crippen molar-refractivity contribution in [2.45, 2.75) is 13.8 Å². The zero-order valence-corrected chi connectivity index (χ0v) is 14.0. The van der Waals surface area contributed by atoms with Gasteiger partial charge in [-0.2, -0.15) is 0 Å². The minimum absolute atomic E-state index is 0.0538. The van der Waals surface area contributed by atoms with Crippen LogP contribution in [0.1, 0.15) is 34.8 Å². The molecule has 1 N–H and O–H groups in total. The lowest BCUT2D eigenvalue weighted by atomic mass is 10.1. The first kappa shape index (κ1) is 16.3. The number of anilines is 1. The van der Waals surface area contributed by atoms with E-state index in [-0.39, 0.29) is 17.6 Å². The van der Waals surface area contributed by atoms with Crippen LogP contribution in [0.4, 0.5) is 5.69 Å². The minimum atomic E-state index is -0.363. The molecule has 0 aliphatic rings. The van der Waals surface area contributed by atoms with Crippen LogP contribution in [-0.2, 0) is 0 Å². The van der Waals surface area contributed by atoms with E-state index in [1.807, 2.05) is 13.8 Å². The summed E-state index contributed by atoms with van der Waals surface area (Å²) in [6, 6.07) is 10.1. The standard InChI is InChI=1S/C16H17BrN2O3/c1-3-19(4-2)16(21)11-6-5-7-12(10-11)18-15(20)13-8-9-14(17)22-13/h5-10H,3-4H2,1-2H3,(H,18,20). The van der Waals surface area contributed by atoms with Gasteiger partial charge < -0.3 is 14.6 Å². The molecular formula is C16H17BrN2O3. The first-order valence-corrected chi connectivity index (χ1v) is 7.80. The van der Waals surface area contributed by atoms with Gasteiger partial charge in [-0.25, -0.2) is 0 Å². The molecule has 5 nitrogen and oxygen atoms in total. The van der Waals surface area contributed by atoms with E-state index in [2.05, 4.69) is 21.2 Å². The predicted molar refractivity (Wildman–Crippen MR) is 88.1 cm³/mol. The first-order valence-electron chi connectivity index (χ1n) is 7.01. The third-order valence-electron chi connectivity index (χ3n) is 3.22. The van der Waals surface area contributed by atoms with Crippen LogP contribution in [0.2, 0.25) is 0 Å². The van der Waals surface area contributed by atoms with Gasteiger partial charge in [0.2, 0.25) is 0 Å². The normalized spacial score (nSPS) is 10.3. The van der Waals surface area contributed by atoms with E-state index in [0.29, 0.717) is 29.0 Å². The number of hydrogen-bond donors (Lipinski definition) is 1. The Morgan fingerprint density at radius 1 is 1.18 bits per heavy atom. The van der Waals surface area contributed by atoms with Crippen molar-refractivity contribution in [3.63, 3.8) is 0 Å². The average molecular weight is 365 g/mol. The number of carbonyl (C=O) groups excluding carboxylic acids is 2. The maximum atomic E-state index is 12.3. The number of nitrogens with zero attached hydrogens (tertiary/aromatic N) is 1. The molecule has 1 heterocycles. The van der Waals surface area contributed by atoms with Gasteiger partial charge in [0, 0.05) is 24.3 Å². The maximum Gasteiger partial charge on any atom is 0.291 e. The van der Waals surface area contributed by atoms with Crippen molar-refractivity contribution in [1.82, 2.24) is 4.90 Å². The SMILES string of the molecule is CCN(CC)C(=O)c1cccc(NC(=O)c2ccc(Br)o2)c1.